The van der Waals surface area contributed by atoms with Gasteiger partial charge in [-0.25, -0.2) is 9.18 Å². The Morgan fingerprint density at radius 1 is 1.23 bits per heavy atom. The lowest BCUT2D eigenvalue weighted by atomic mass is 9.98. The second-order valence-electron chi connectivity index (χ2n) is 7.81. The number of thiophene rings is 1. The van der Waals surface area contributed by atoms with Crippen LogP contribution < -0.4 is 5.32 Å². The molecule has 1 unspecified atom stereocenters. The lowest BCUT2D eigenvalue weighted by Gasteiger charge is -2.43. The van der Waals surface area contributed by atoms with Gasteiger partial charge < -0.3 is 9.22 Å². The van der Waals surface area contributed by atoms with Crippen molar-refractivity contribution in [1.82, 2.24) is 0 Å². The fourth-order valence-corrected chi connectivity index (χ4v) is 5.19. The van der Waals surface area contributed by atoms with Crippen molar-refractivity contribution in [3.63, 3.8) is 0 Å². The number of amides is 1. The van der Waals surface area contributed by atoms with Crippen LogP contribution in [0.3, 0.4) is 0 Å². The van der Waals surface area contributed by atoms with Crippen molar-refractivity contribution < 1.29 is 18.4 Å². The molecule has 2 aliphatic heterocycles. The average molecular weight is 375 g/mol. The van der Waals surface area contributed by atoms with Gasteiger partial charge in [-0.05, 0) is 34.5 Å². The fourth-order valence-electron chi connectivity index (χ4n) is 4.55. The van der Waals surface area contributed by atoms with Crippen LogP contribution in [-0.4, -0.2) is 42.9 Å². The van der Waals surface area contributed by atoms with Crippen molar-refractivity contribution >= 4 is 23.1 Å². The Kier molecular flexibility index (Phi) is 4.49. The van der Waals surface area contributed by atoms with Gasteiger partial charge in [-0.3, -0.25) is 5.32 Å². The summed E-state index contributed by atoms with van der Waals surface area (Å²) >= 11 is 1.49. The van der Waals surface area contributed by atoms with Crippen LogP contribution in [0.5, 0.6) is 0 Å². The number of nitrogens with zero attached hydrogens (tertiary/aromatic N) is 1. The van der Waals surface area contributed by atoms with E-state index in [1.54, 1.807) is 12.1 Å². The third kappa shape index (κ3) is 3.12. The Balaban J connectivity index is 1.46. The number of ether oxygens (including phenoxy) is 1. The normalized spacial score (nSPS) is 26.5. The molecule has 3 heterocycles. The van der Waals surface area contributed by atoms with E-state index in [-0.39, 0.29) is 11.9 Å². The highest BCUT2D eigenvalue weighted by Crippen LogP contribution is 2.40. The summed E-state index contributed by atoms with van der Waals surface area (Å²) in [6.45, 7) is 0. The second-order valence-corrected chi connectivity index (χ2v) is 8.59. The molecule has 0 radical (unpaired) electrons. The zero-order valence-corrected chi connectivity index (χ0v) is 15.9. The van der Waals surface area contributed by atoms with Crippen LogP contribution in [-0.2, 0) is 4.74 Å². The Labute approximate surface area is 157 Å². The number of hydrogen-bond donors (Lipinski definition) is 1. The zero-order chi connectivity index (χ0) is 18.3. The molecule has 4 nitrogen and oxygen atoms in total. The van der Waals surface area contributed by atoms with Gasteiger partial charge in [0, 0.05) is 31.2 Å². The maximum atomic E-state index is 14.3. The van der Waals surface area contributed by atoms with E-state index in [1.807, 2.05) is 16.8 Å². The van der Waals surface area contributed by atoms with E-state index < -0.39 is 6.09 Å². The highest BCUT2D eigenvalue weighted by atomic mass is 32.1. The summed E-state index contributed by atoms with van der Waals surface area (Å²) in [5, 5.41) is 6.52. The predicted molar refractivity (Wildman–Crippen MR) is 102 cm³/mol. The van der Waals surface area contributed by atoms with Crippen LogP contribution in [0.1, 0.15) is 25.7 Å². The first-order valence-electron chi connectivity index (χ1n) is 9.07. The standard InChI is InChI=1S/C20H23FN2O2S/c1-23(2)14-6-7-15(23)11-16(10-14)25-20(24)22-18-5-3-4-17(21)19(18)13-8-9-26-12-13/h3-5,8-9,12,14-16H,6-7,10-11H2,1-2H3/p+1/t14-,15+,16?. The number of piperidine rings is 1. The number of anilines is 1. The van der Waals surface area contributed by atoms with Crippen LogP contribution >= 0.6 is 11.3 Å². The first-order valence-corrected chi connectivity index (χ1v) is 10.0. The van der Waals surface area contributed by atoms with Crippen molar-refractivity contribution in [3.05, 3.63) is 40.8 Å². The quantitative estimate of drug-likeness (QED) is 0.777. The summed E-state index contributed by atoms with van der Waals surface area (Å²) in [4.78, 5) is 12.5. The highest BCUT2D eigenvalue weighted by molar-refractivity contribution is 7.08. The van der Waals surface area contributed by atoms with Crippen molar-refractivity contribution in [1.29, 1.82) is 0 Å². The van der Waals surface area contributed by atoms with Crippen LogP contribution in [0.25, 0.3) is 11.1 Å². The number of carbonyl (C=O) groups excluding carboxylic acids is 1. The number of benzene rings is 1. The molecule has 1 N–H and O–H groups in total. The van der Waals surface area contributed by atoms with Crippen molar-refractivity contribution in [3.8, 4) is 11.1 Å². The molecule has 2 saturated heterocycles. The van der Waals surface area contributed by atoms with Crippen LogP contribution in [0.2, 0.25) is 0 Å². The maximum absolute atomic E-state index is 14.3. The number of rotatable bonds is 3. The van der Waals surface area contributed by atoms with E-state index in [4.69, 9.17) is 4.74 Å². The molecule has 138 valence electrons. The first kappa shape index (κ1) is 17.5. The van der Waals surface area contributed by atoms with Gasteiger partial charge >= 0.3 is 6.09 Å². The van der Waals surface area contributed by atoms with Gasteiger partial charge in [-0.15, -0.1) is 0 Å². The van der Waals surface area contributed by atoms with E-state index >= 15 is 0 Å². The van der Waals surface area contributed by atoms with Gasteiger partial charge in [0.25, 0.3) is 0 Å². The van der Waals surface area contributed by atoms with Crippen molar-refractivity contribution in [2.24, 2.45) is 0 Å². The Hall–Kier alpha value is -1.92. The molecule has 6 heteroatoms. The van der Waals surface area contributed by atoms with E-state index in [0.29, 0.717) is 23.3 Å². The summed E-state index contributed by atoms with van der Waals surface area (Å²) < 4.78 is 21.1. The molecule has 2 bridgehead atoms. The molecule has 2 aromatic rings. The van der Waals surface area contributed by atoms with E-state index in [2.05, 4.69) is 19.4 Å². The summed E-state index contributed by atoms with van der Waals surface area (Å²) in [6.07, 6.45) is 3.64. The van der Waals surface area contributed by atoms with Crippen molar-refractivity contribution in [2.75, 3.05) is 19.4 Å². The Morgan fingerprint density at radius 3 is 2.62 bits per heavy atom. The molecule has 1 aromatic heterocycles. The SMILES string of the molecule is C[N+]1(C)[C@@H]2CC[C@H]1CC(OC(=O)Nc1cccc(F)c1-c1ccsc1)C2. The number of hydrogen-bond acceptors (Lipinski definition) is 3. The maximum Gasteiger partial charge on any atom is 0.411 e. The van der Waals surface area contributed by atoms with Crippen LogP contribution in [0.15, 0.2) is 35.0 Å². The van der Waals surface area contributed by atoms with Crippen molar-refractivity contribution in [2.45, 2.75) is 43.9 Å². The fraction of sp³-hybridized carbons (Fsp3) is 0.450. The largest absolute Gasteiger partial charge is 0.445 e. The number of carbonyl (C=O) groups is 1. The molecule has 2 aliphatic rings. The molecule has 2 fully saturated rings. The smallest absolute Gasteiger partial charge is 0.411 e. The number of nitrogens with one attached hydrogen (secondary N) is 1. The van der Waals surface area contributed by atoms with Gasteiger partial charge in [-0.2, -0.15) is 11.3 Å². The molecule has 3 atom stereocenters. The van der Waals surface area contributed by atoms with Crippen LogP contribution in [0, 0.1) is 5.82 Å². The van der Waals surface area contributed by atoms with Gasteiger partial charge in [0.2, 0.25) is 0 Å². The minimum Gasteiger partial charge on any atom is -0.445 e. The van der Waals surface area contributed by atoms with Gasteiger partial charge in [0.15, 0.2) is 0 Å². The summed E-state index contributed by atoms with van der Waals surface area (Å²) in [7, 11) is 4.55. The van der Waals surface area contributed by atoms with Gasteiger partial charge in [0.05, 0.1) is 31.9 Å². The van der Waals surface area contributed by atoms with E-state index in [0.717, 1.165) is 22.9 Å². The van der Waals surface area contributed by atoms with E-state index in [1.165, 1.54) is 30.2 Å². The molecule has 1 aromatic carbocycles. The minimum absolute atomic E-state index is 0.0585. The third-order valence-electron chi connectivity index (χ3n) is 6.12. The third-order valence-corrected chi connectivity index (χ3v) is 6.80. The van der Waals surface area contributed by atoms with E-state index in [9.17, 15) is 9.18 Å². The molecule has 0 saturated carbocycles. The first-order chi connectivity index (χ1) is 12.4. The minimum atomic E-state index is -0.497. The molecule has 0 aliphatic carbocycles. The topological polar surface area (TPSA) is 38.3 Å². The molecular weight excluding hydrogens is 351 g/mol. The Bertz CT molecular complexity index is 790. The molecule has 26 heavy (non-hydrogen) atoms. The monoisotopic (exact) mass is 375 g/mol. The molecule has 4 rings (SSSR count). The summed E-state index contributed by atoms with van der Waals surface area (Å²) in [5.41, 5.74) is 1.62. The number of halogens is 1. The second kappa shape index (κ2) is 6.67. The summed E-state index contributed by atoms with van der Waals surface area (Å²) in [5.74, 6) is -0.351. The highest BCUT2D eigenvalue weighted by Gasteiger charge is 2.49. The van der Waals surface area contributed by atoms with Gasteiger partial charge in [-0.1, -0.05) is 6.07 Å². The summed E-state index contributed by atoms with van der Waals surface area (Å²) in [6, 6.07) is 7.67. The number of quaternary nitrogens is 1. The molecular formula is C20H24FN2O2S+. The average Bonchev–Trinajstić information content (AvgIpc) is 3.11. The van der Waals surface area contributed by atoms with Crippen LogP contribution in [0.4, 0.5) is 14.9 Å². The number of fused-ring (bicyclic) bond motifs is 2. The zero-order valence-electron chi connectivity index (χ0n) is 15.1. The molecule has 0 spiro atoms. The predicted octanol–water partition coefficient (Wildman–Crippen LogP) is 4.87. The Morgan fingerprint density at radius 2 is 1.96 bits per heavy atom. The molecule has 1 amide bonds. The van der Waals surface area contributed by atoms with Gasteiger partial charge in [0.1, 0.15) is 11.9 Å². The lowest BCUT2D eigenvalue weighted by Crippen LogP contribution is -2.56. The lowest BCUT2D eigenvalue weighted by molar-refractivity contribution is -0.931.